The summed E-state index contributed by atoms with van der Waals surface area (Å²) in [6.07, 6.45) is 1.60. The molecule has 0 bridgehead atoms. The van der Waals surface area contributed by atoms with Crippen molar-refractivity contribution in [3.63, 3.8) is 0 Å². The average Bonchev–Trinajstić information content (AvgIpc) is 2.52. The smallest absolute Gasteiger partial charge is 0.152 e. The Morgan fingerprint density at radius 1 is 1.58 bits per heavy atom. The highest BCUT2D eigenvalue weighted by molar-refractivity contribution is 7.80. The van der Waals surface area contributed by atoms with Gasteiger partial charge in [-0.25, -0.2) is 0 Å². The molecular weight excluding hydrogens is 188 g/mol. The molecule has 1 heterocycles. The second kappa shape index (κ2) is 5.02. The van der Waals surface area contributed by atoms with Crippen molar-refractivity contribution in [1.82, 2.24) is 0 Å². The molecule has 1 rings (SSSR count). The Hall–Kier alpha value is -0.720. The third-order valence-electron chi connectivity index (χ3n) is 1.28. The molecule has 12 heavy (non-hydrogen) atoms. The minimum Gasteiger partial charge on any atom is -0.298 e. The predicted octanol–water partition coefficient (Wildman–Crippen LogP) is 2.23. The van der Waals surface area contributed by atoms with Crippen molar-refractivity contribution >= 4 is 30.3 Å². The summed E-state index contributed by atoms with van der Waals surface area (Å²) < 4.78 is 0. The summed E-state index contributed by atoms with van der Waals surface area (Å²) in [5.74, 6) is 6.62. The van der Waals surface area contributed by atoms with Gasteiger partial charge in [-0.05, 0) is 0 Å². The summed E-state index contributed by atoms with van der Waals surface area (Å²) in [5, 5.41) is 3.69. The lowest BCUT2D eigenvalue weighted by Gasteiger charge is -1.82. The van der Waals surface area contributed by atoms with Crippen LogP contribution in [0.4, 0.5) is 0 Å². The van der Waals surface area contributed by atoms with Crippen molar-refractivity contribution in [1.29, 1.82) is 0 Å². The fourth-order valence-corrected chi connectivity index (χ4v) is 1.55. The number of carbonyl (C=O) groups excluding carboxylic acids is 1. The minimum absolute atomic E-state index is 0.687. The van der Waals surface area contributed by atoms with Crippen molar-refractivity contribution in [2.24, 2.45) is 0 Å². The topological polar surface area (TPSA) is 17.1 Å². The monoisotopic (exact) mass is 196 g/mol. The van der Waals surface area contributed by atoms with E-state index in [0.717, 1.165) is 24.0 Å². The standard InChI is InChI=1S/C9H8OS2/c10-5-9-7-12-6-8(9)3-1-2-4-11/h5-7,11H,2,4H2. The summed E-state index contributed by atoms with van der Waals surface area (Å²) >= 11 is 5.53. The summed E-state index contributed by atoms with van der Waals surface area (Å²) in [7, 11) is 0. The van der Waals surface area contributed by atoms with E-state index in [0.29, 0.717) is 5.56 Å². The zero-order valence-corrected chi connectivity index (χ0v) is 8.12. The quantitative estimate of drug-likeness (QED) is 0.436. The molecule has 0 spiro atoms. The zero-order chi connectivity index (χ0) is 8.81. The van der Waals surface area contributed by atoms with Gasteiger partial charge in [0.2, 0.25) is 0 Å². The Morgan fingerprint density at radius 3 is 3.08 bits per heavy atom. The van der Waals surface area contributed by atoms with E-state index in [1.54, 1.807) is 5.38 Å². The Morgan fingerprint density at radius 2 is 2.42 bits per heavy atom. The van der Waals surface area contributed by atoms with Gasteiger partial charge < -0.3 is 0 Å². The predicted molar refractivity (Wildman–Crippen MR) is 55.1 cm³/mol. The Balaban J connectivity index is 2.76. The number of aldehydes is 1. The summed E-state index contributed by atoms with van der Waals surface area (Å²) in [5.41, 5.74) is 1.52. The fraction of sp³-hybridized carbons (Fsp3) is 0.222. The van der Waals surface area contributed by atoms with Gasteiger partial charge in [-0.15, -0.1) is 0 Å². The maximum atomic E-state index is 10.4. The van der Waals surface area contributed by atoms with E-state index in [2.05, 4.69) is 24.5 Å². The largest absolute Gasteiger partial charge is 0.298 e. The van der Waals surface area contributed by atoms with Crippen molar-refractivity contribution in [2.45, 2.75) is 6.42 Å². The molecule has 0 fully saturated rings. The van der Waals surface area contributed by atoms with Gasteiger partial charge >= 0.3 is 0 Å². The molecule has 0 saturated heterocycles. The summed E-state index contributed by atoms with van der Waals surface area (Å²) in [6, 6.07) is 0. The number of rotatable bonds is 2. The normalized spacial score (nSPS) is 8.75. The molecule has 1 nitrogen and oxygen atoms in total. The number of thiophene rings is 1. The van der Waals surface area contributed by atoms with E-state index in [1.807, 2.05) is 5.38 Å². The fourth-order valence-electron chi connectivity index (χ4n) is 0.713. The van der Waals surface area contributed by atoms with Gasteiger partial charge in [0.15, 0.2) is 6.29 Å². The molecule has 0 unspecified atom stereocenters. The lowest BCUT2D eigenvalue weighted by Crippen LogP contribution is -1.78. The Kier molecular flexibility index (Phi) is 3.92. The SMILES string of the molecule is O=Cc1cscc1C#CCCS. The van der Waals surface area contributed by atoms with Crippen LogP contribution in [-0.4, -0.2) is 12.0 Å². The van der Waals surface area contributed by atoms with E-state index in [1.165, 1.54) is 11.3 Å². The first-order valence-electron chi connectivity index (χ1n) is 3.49. The van der Waals surface area contributed by atoms with Crippen LogP contribution in [0.3, 0.4) is 0 Å². The molecule has 0 saturated carbocycles. The zero-order valence-electron chi connectivity index (χ0n) is 6.41. The molecule has 0 aliphatic carbocycles. The third-order valence-corrected chi connectivity index (χ3v) is 2.26. The summed E-state index contributed by atoms with van der Waals surface area (Å²) in [4.78, 5) is 10.4. The molecule has 0 N–H and O–H groups in total. The highest BCUT2D eigenvalue weighted by Crippen LogP contribution is 2.11. The van der Waals surface area contributed by atoms with E-state index in [9.17, 15) is 4.79 Å². The molecule has 0 amide bonds. The average molecular weight is 196 g/mol. The molecule has 0 atom stereocenters. The van der Waals surface area contributed by atoms with Crippen molar-refractivity contribution in [3.05, 3.63) is 21.9 Å². The minimum atomic E-state index is 0.687. The highest BCUT2D eigenvalue weighted by Gasteiger charge is 1.97. The second-order valence-electron chi connectivity index (χ2n) is 2.13. The first kappa shape index (κ1) is 9.37. The maximum absolute atomic E-state index is 10.4. The lowest BCUT2D eigenvalue weighted by atomic mass is 10.2. The lowest BCUT2D eigenvalue weighted by molar-refractivity contribution is 0.112. The molecule has 0 radical (unpaired) electrons. The molecule has 1 aromatic heterocycles. The number of carbonyl (C=O) groups is 1. The molecule has 62 valence electrons. The van der Waals surface area contributed by atoms with Gasteiger partial charge in [0, 0.05) is 34.1 Å². The van der Waals surface area contributed by atoms with Gasteiger partial charge in [-0.3, -0.25) is 4.79 Å². The van der Waals surface area contributed by atoms with E-state index >= 15 is 0 Å². The molecule has 0 aromatic carbocycles. The third kappa shape index (κ3) is 2.40. The molecule has 1 aromatic rings. The van der Waals surface area contributed by atoms with E-state index in [-0.39, 0.29) is 0 Å². The van der Waals surface area contributed by atoms with Crippen LogP contribution in [0.5, 0.6) is 0 Å². The van der Waals surface area contributed by atoms with Crippen molar-refractivity contribution in [2.75, 3.05) is 5.75 Å². The molecule has 0 aliphatic rings. The van der Waals surface area contributed by atoms with Crippen LogP contribution >= 0.6 is 24.0 Å². The van der Waals surface area contributed by atoms with Gasteiger partial charge in [-0.1, -0.05) is 11.8 Å². The van der Waals surface area contributed by atoms with E-state index in [4.69, 9.17) is 0 Å². The van der Waals surface area contributed by atoms with Crippen LogP contribution in [0.2, 0.25) is 0 Å². The number of hydrogen-bond acceptors (Lipinski definition) is 3. The van der Waals surface area contributed by atoms with Crippen molar-refractivity contribution < 1.29 is 4.79 Å². The first-order chi connectivity index (χ1) is 5.88. The second-order valence-corrected chi connectivity index (χ2v) is 3.32. The molecular formula is C9H8OS2. The number of hydrogen-bond donors (Lipinski definition) is 1. The Labute approximate surface area is 81.2 Å². The maximum Gasteiger partial charge on any atom is 0.152 e. The molecule has 3 heteroatoms. The van der Waals surface area contributed by atoms with Crippen LogP contribution in [0, 0.1) is 11.8 Å². The van der Waals surface area contributed by atoms with Crippen LogP contribution in [0.25, 0.3) is 0 Å². The summed E-state index contributed by atoms with van der Waals surface area (Å²) in [6.45, 7) is 0. The van der Waals surface area contributed by atoms with Gasteiger partial charge in [0.25, 0.3) is 0 Å². The van der Waals surface area contributed by atoms with Crippen LogP contribution in [0.15, 0.2) is 10.8 Å². The van der Waals surface area contributed by atoms with Crippen LogP contribution < -0.4 is 0 Å². The Bertz CT molecular complexity index is 317. The van der Waals surface area contributed by atoms with Gasteiger partial charge in [0.05, 0.1) is 0 Å². The molecule has 0 aliphatic heterocycles. The van der Waals surface area contributed by atoms with Gasteiger partial charge in [-0.2, -0.15) is 24.0 Å². The van der Waals surface area contributed by atoms with E-state index < -0.39 is 0 Å². The van der Waals surface area contributed by atoms with Gasteiger partial charge in [0.1, 0.15) is 0 Å². The van der Waals surface area contributed by atoms with Crippen LogP contribution in [-0.2, 0) is 0 Å². The van der Waals surface area contributed by atoms with Crippen molar-refractivity contribution in [3.8, 4) is 11.8 Å². The highest BCUT2D eigenvalue weighted by atomic mass is 32.1. The van der Waals surface area contributed by atoms with Crippen LogP contribution in [0.1, 0.15) is 22.3 Å². The number of thiol groups is 1. The first-order valence-corrected chi connectivity index (χ1v) is 5.07.